The summed E-state index contributed by atoms with van der Waals surface area (Å²) in [5.74, 6) is 0.0620. The van der Waals surface area contributed by atoms with Crippen LogP contribution in [0.2, 0.25) is 0 Å². The quantitative estimate of drug-likeness (QED) is 0.659. The molecule has 1 aliphatic rings. The summed E-state index contributed by atoms with van der Waals surface area (Å²) in [7, 11) is 0. The number of aromatic amines is 1. The summed E-state index contributed by atoms with van der Waals surface area (Å²) in [6.07, 6.45) is 3.49. The fourth-order valence-corrected chi connectivity index (χ4v) is 3.83. The topological polar surface area (TPSA) is 73.9 Å². The molecule has 0 radical (unpaired) electrons. The van der Waals surface area contributed by atoms with Crippen LogP contribution in [0, 0.1) is 5.41 Å². The first kappa shape index (κ1) is 19.6. The Morgan fingerprint density at radius 2 is 2.03 bits per heavy atom. The summed E-state index contributed by atoms with van der Waals surface area (Å²) < 4.78 is 0. The average Bonchev–Trinajstić information content (AvgIpc) is 3.09. The van der Waals surface area contributed by atoms with Crippen molar-refractivity contribution >= 4 is 22.6 Å². The highest BCUT2D eigenvalue weighted by atomic mass is 16.1. The third-order valence-electron chi connectivity index (χ3n) is 5.39. The SMILES string of the molecule is CC1(C)CN(c2cccc(-c3cnc4[nH]cc(C(=O)C(C)(C)C)c4n3)c2)CCN1. The molecule has 152 valence electrons. The van der Waals surface area contributed by atoms with Crippen molar-refractivity contribution in [3.05, 3.63) is 42.2 Å². The third kappa shape index (κ3) is 3.90. The van der Waals surface area contributed by atoms with Crippen LogP contribution in [0.25, 0.3) is 22.4 Å². The van der Waals surface area contributed by atoms with E-state index in [9.17, 15) is 4.79 Å². The van der Waals surface area contributed by atoms with Crippen LogP contribution in [-0.2, 0) is 0 Å². The van der Waals surface area contributed by atoms with Crippen LogP contribution in [-0.4, -0.2) is 45.9 Å². The van der Waals surface area contributed by atoms with Gasteiger partial charge in [-0.15, -0.1) is 0 Å². The van der Waals surface area contributed by atoms with Gasteiger partial charge >= 0.3 is 0 Å². The fraction of sp³-hybridized carbons (Fsp3) is 0.435. The number of anilines is 1. The van der Waals surface area contributed by atoms with Crippen molar-refractivity contribution in [3.63, 3.8) is 0 Å². The number of carbonyl (C=O) groups excluding carboxylic acids is 1. The van der Waals surface area contributed by atoms with Gasteiger partial charge in [-0.2, -0.15) is 0 Å². The molecule has 6 heteroatoms. The molecule has 1 aromatic carbocycles. The maximum atomic E-state index is 12.8. The third-order valence-corrected chi connectivity index (χ3v) is 5.39. The number of nitrogens with one attached hydrogen (secondary N) is 2. The molecule has 6 nitrogen and oxygen atoms in total. The Hall–Kier alpha value is -2.73. The summed E-state index contributed by atoms with van der Waals surface area (Å²) in [6.45, 7) is 13.1. The van der Waals surface area contributed by atoms with Crippen LogP contribution < -0.4 is 10.2 Å². The number of aromatic nitrogens is 3. The van der Waals surface area contributed by atoms with E-state index in [0.29, 0.717) is 16.7 Å². The van der Waals surface area contributed by atoms with Gasteiger partial charge in [0.25, 0.3) is 0 Å². The zero-order valence-electron chi connectivity index (χ0n) is 17.8. The van der Waals surface area contributed by atoms with Gasteiger partial charge in [-0.1, -0.05) is 32.9 Å². The lowest BCUT2D eigenvalue weighted by Gasteiger charge is -2.40. The molecule has 3 aromatic rings. The summed E-state index contributed by atoms with van der Waals surface area (Å²) in [5.41, 5.74) is 4.44. The summed E-state index contributed by atoms with van der Waals surface area (Å²) in [5, 5.41) is 3.55. The van der Waals surface area contributed by atoms with E-state index in [1.54, 1.807) is 12.4 Å². The summed E-state index contributed by atoms with van der Waals surface area (Å²) in [6, 6.07) is 8.41. The number of piperazine rings is 1. The molecule has 29 heavy (non-hydrogen) atoms. The number of ketones is 1. The van der Waals surface area contributed by atoms with E-state index in [1.807, 2.05) is 26.8 Å². The standard InChI is InChI=1S/C23H29N5O/c1-22(2,3)20(29)17-12-24-21-19(17)27-18(13-25-21)15-7-6-8-16(11-15)28-10-9-26-23(4,5)14-28/h6-8,11-13,26H,9-10,14H2,1-5H3,(H,24,25). The predicted octanol–water partition coefficient (Wildman–Crippen LogP) is 4.04. The van der Waals surface area contributed by atoms with Gasteiger partial charge in [-0.3, -0.25) is 4.79 Å². The second-order valence-corrected chi connectivity index (χ2v) is 9.52. The van der Waals surface area contributed by atoms with Crippen LogP contribution in [0.15, 0.2) is 36.7 Å². The first-order valence-electron chi connectivity index (χ1n) is 10.1. The zero-order chi connectivity index (χ0) is 20.8. The Morgan fingerprint density at radius 3 is 2.76 bits per heavy atom. The number of rotatable bonds is 3. The fourth-order valence-electron chi connectivity index (χ4n) is 3.83. The number of benzene rings is 1. The van der Waals surface area contributed by atoms with Gasteiger partial charge in [-0.05, 0) is 26.0 Å². The van der Waals surface area contributed by atoms with Crippen molar-refractivity contribution in [2.75, 3.05) is 24.5 Å². The predicted molar refractivity (Wildman–Crippen MR) is 117 cm³/mol. The summed E-state index contributed by atoms with van der Waals surface area (Å²) in [4.78, 5) is 27.6. The minimum Gasteiger partial charge on any atom is -0.368 e. The molecule has 1 saturated heterocycles. The van der Waals surface area contributed by atoms with E-state index in [4.69, 9.17) is 4.98 Å². The lowest BCUT2D eigenvalue weighted by molar-refractivity contribution is 0.0860. The van der Waals surface area contributed by atoms with Crippen molar-refractivity contribution < 1.29 is 4.79 Å². The Labute approximate surface area is 171 Å². The molecule has 3 heterocycles. The van der Waals surface area contributed by atoms with E-state index in [-0.39, 0.29) is 11.3 Å². The minimum atomic E-state index is -0.470. The molecule has 1 fully saturated rings. The largest absolute Gasteiger partial charge is 0.368 e. The second-order valence-electron chi connectivity index (χ2n) is 9.52. The molecule has 0 aliphatic carbocycles. The monoisotopic (exact) mass is 391 g/mol. The first-order chi connectivity index (χ1) is 13.6. The molecule has 4 rings (SSSR count). The van der Waals surface area contributed by atoms with Crippen molar-refractivity contribution in [3.8, 4) is 11.3 Å². The van der Waals surface area contributed by atoms with Crippen molar-refractivity contribution in [1.82, 2.24) is 20.3 Å². The normalized spacial score (nSPS) is 16.9. The minimum absolute atomic E-state index is 0.0620. The molecular weight excluding hydrogens is 362 g/mol. The van der Waals surface area contributed by atoms with Crippen LogP contribution in [0.4, 0.5) is 5.69 Å². The summed E-state index contributed by atoms with van der Waals surface area (Å²) >= 11 is 0. The second kappa shape index (κ2) is 6.95. The number of carbonyl (C=O) groups is 1. The molecule has 0 saturated carbocycles. The molecule has 1 aliphatic heterocycles. The van der Waals surface area contributed by atoms with Gasteiger partial charge in [0.1, 0.15) is 5.52 Å². The smallest absolute Gasteiger partial charge is 0.171 e. The maximum absolute atomic E-state index is 12.8. The van der Waals surface area contributed by atoms with Gasteiger partial charge in [-0.25, -0.2) is 9.97 Å². The van der Waals surface area contributed by atoms with E-state index in [1.165, 1.54) is 5.69 Å². The van der Waals surface area contributed by atoms with Gasteiger partial charge in [0.2, 0.25) is 0 Å². The molecule has 0 amide bonds. The molecule has 0 bridgehead atoms. The Bertz CT molecular complexity index is 1060. The number of nitrogens with zero attached hydrogens (tertiary/aromatic N) is 3. The highest BCUT2D eigenvalue weighted by Gasteiger charge is 2.27. The number of fused-ring (bicyclic) bond motifs is 1. The highest BCUT2D eigenvalue weighted by Crippen LogP contribution is 2.29. The Kier molecular flexibility index (Phi) is 4.69. The number of H-pyrrole nitrogens is 1. The lowest BCUT2D eigenvalue weighted by atomic mass is 9.87. The molecule has 0 atom stereocenters. The zero-order valence-corrected chi connectivity index (χ0v) is 17.8. The molecule has 2 N–H and O–H groups in total. The van der Waals surface area contributed by atoms with Crippen LogP contribution >= 0.6 is 0 Å². The van der Waals surface area contributed by atoms with E-state index < -0.39 is 5.41 Å². The molecule has 0 spiro atoms. The molecule has 0 unspecified atom stereocenters. The number of Topliss-reactive ketones (excluding diaryl/α,β-unsaturated/α-hetero) is 1. The van der Waals surface area contributed by atoms with Crippen molar-refractivity contribution in [2.45, 2.75) is 40.2 Å². The molecular formula is C23H29N5O. The average molecular weight is 392 g/mol. The lowest BCUT2D eigenvalue weighted by Crippen LogP contribution is -2.57. The van der Waals surface area contributed by atoms with E-state index in [0.717, 1.165) is 30.9 Å². The Balaban J connectivity index is 1.71. The number of hydrogen-bond acceptors (Lipinski definition) is 5. The first-order valence-corrected chi connectivity index (χ1v) is 10.1. The van der Waals surface area contributed by atoms with Crippen LogP contribution in [0.5, 0.6) is 0 Å². The van der Waals surface area contributed by atoms with Gasteiger partial charge in [0, 0.05) is 48.0 Å². The van der Waals surface area contributed by atoms with Gasteiger partial charge < -0.3 is 15.2 Å². The number of hydrogen-bond donors (Lipinski definition) is 2. The van der Waals surface area contributed by atoms with Crippen molar-refractivity contribution in [1.29, 1.82) is 0 Å². The van der Waals surface area contributed by atoms with E-state index >= 15 is 0 Å². The van der Waals surface area contributed by atoms with Crippen LogP contribution in [0.1, 0.15) is 45.0 Å². The van der Waals surface area contributed by atoms with E-state index in [2.05, 4.69) is 52.2 Å². The van der Waals surface area contributed by atoms with Crippen molar-refractivity contribution in [2.24, 2.45) is 5.41 Å². The van der Waals surface area contributed by atoms with Gasteiger partial charge in [0.05, 0.1) is 17.5 Å². The maximum Gasteiger partial charge on any atom is 0.171 e. The highest BCUT2D eigenvalue weighted by molar-refractivity contribution is 6.08. The van der Waals surface area contributed by atoms with Crippen LogP contribution in [0.3, 0.4) is 0 Å². The Morgan fingerprint density at radius 1 is 1.24 bits per heavy atom. The molecule has 2 aromatic heterocycles. The van der Waals surface area contributed by atoms with Gasteiger partial charge in [0.15, 0.2) is 11.4 Å².